The number of aryl methyl sites for hydroxylation is 1. The molecule has 1 aliphatic rings. The molecular weight excluding hydrogens is 459 g/mol. The number of hydrogen-bond donors (Lipinski definition) is 1. The van der Waals surface area contributed by atoms with E-state index >= 15 is 0 Å². The molecule has 1 aliphatic heterocycles. The van der Waals surface area contributed by atoms with Gasteiger partial charge in [-0.15, -0.1) is 0 Å². The number of carbonyl (C=O) groups is 1. The highest BCUT2D eigenvalue weighted by Crippen LogP contribution is 2.39. The van der Waals surface area contributed by atoms with Crippen molar-refractivity contribution in [2.45, 2.75) is 39.5 Å². The maximum atomic E-state index is 13.2. The van der Waals surface area contributed by atoms with Crippen LogP contribution in [0, 0.1) is 18.3 Å². The Kier molecular flexibility index (Phi) is 6.52. The average Bonchev–Trinajstić information content (AvgIpc) is 2.74. The van der Waals surface area contributed by atoms with Crippen LogP contribution in [0.5, 0.6) is 5.75 Å². The van der Waals surface area contributed by atoms with Gasteiger partial charge in [0.1, 0.15) is 17.3 Å². The Bertz CT molecular complexity index is 1130. The van der Waals surface area contributed by atoms with E-state index in [2.05, 4.69) is 4.72 Å². The summed E-state index contributed by atoms with van der Waals surface area (Å²) in [7, 11) is -3.98. The van der Waals surface area contributed by atoms with Crippen LogP contribution < -0.4 is 14.4 Å². The van der Waals surface area contributed by atoms with Crippen molar-refractivity contribution in [1.82, 2.24) is 0 Å². The minimum absolute atomic E-state index is 0.0274. The summed E-state index contributed by atoms with van der Waals surface area (Å²) in [5.41, 5.74) is 0.718. The number of fused-ring (bicyclic) bond motifs is 1. The van der Waals surface area contributed by atoms with Crippen LogP contribution in [0.15, 0.2) is 35.2 Å². The van der Waals surface area contributed by atoms with Crippen molar-refractivity contribution in [3.05, 3.63) is 45.9 Å². The third-order valence-corrected chi connectivity index (χ3v) is 7.22. The standard InChI is InChI=1S/C22H26Cl2N2O4S/c1-13(2)11-26-18-9-15(6-7-19(18)30-12-22(4,5)21(26)27)25-31(28,29)20-8-14(3)16(23)10-17(20)24/h6-10,13,25H,11-12H2,1-5H3. The summed E-state index contributed by atoms with van der Waals surface area (Å²) >= 11 is 12.2. The molecule has 1 amide bonds. The zero-order valence-corrected chi connectivity index (χ0v) is 20.5. The second-order valence-corrected chi connectivity index (χ2v) is 11.3. The number of rotatable bonds is 5. The first kappa shape index (κ1) is 23.7. The molecule has 0 spiro atoms. The van der Waals surface area contributed by atoms with E-state index in [1.807, 2.05) is 27.7 Å². The molecule has 0 saturated carbocycles. The third kappa shape index (κ3) is 4.94. The summed E-state index contributed by atoms with van der Waals surface area (Å²) < 4.78 is 34.4. The molecule has 9 heteroatoms. The minimum atomic E-state index is -3.98. The van der Waals surface area contributed by atoms with Crippen molar-refractivity contribution in [2.75, 3.05) is 22.8 Å². The molecule has 2 aromatic rings. The van der Waals surface area contributed by atoms with Crippen LogP contribution in [0.4, 0.5) is 11.4 Å². The van der Waals surface area contributed by atoms with E-state index in [1.54, 1.807) is 30.0 Å². The molecule has 1 heterocycles. The molecule has 0 aliphatic carbocycles. The maximum absolute atomic E-state index is 13.2. The number of ether oxygens (including phenoxy) is 1. The second kappa shape index (κ2) is 8.52. The van der Waals surface area contributed by atoms with Crippen LogP contribution in [0.3, 0.4) is 0 Å². The van der Waals surface area contributed by atoms with E-state index in [4.69, 9.17) is 27.9 Å². The van der Waals surface area contributed by atoms with Crippen LogP contribution in [0.1, 0.15) is 33.3 Å². The Labute approximate surface area is 193 Å². The van der Waals surface area contributed by atoms with Crippen LogP contribution in [0.2, 0.25) is 10.0 Å². The predicted molar refractivity (Wildman–Crippen MR) is 125 cm³/mol. The zero-order valence-electron chi connectivity index (χ0n) is 18.1. The second-order valence-electron chi connectivity index (χ2n) is 8.80. The molecule has 6 nitrogen and oxygen atoms in total. The molecule has 0 saturated heterocycles. The Balaban J connectivity index is 2.03. The van der Waals surface area contributed by atoms with Crippen molar-refractivity contribution >= 4 is 50.5 Å². The molecule has 2 aromatic carbocycles. The van der Waals surface area contributed by atoms with Crippen molar-refractivity contribution < 1.29 is 17.9 Å². The first-order chi connectivity index (χ1) is 14.3. The fourth-order valence-corrected chi connectivity index (χ4v) is 5.18. The van der Waals surface area contributed by atoms with E-state index in [0.717, 1.165) is 0 Å². The highest BCUT2D eigenvalue weighted by molar-refractivity contribution is 7.92. The maximum Gasteiger partial charge on any atom is 0.263 e. The van der Waals surface area contributed by atoms with Crippen molar-refractivity contribution in [3.63, 3.8) is 0 Å². The molecule has 0 radical (unpaired) electrons. The largest absolute Gasteiger partial charge is 0.490 e. The summed E-state index contributed by atoms with van der Waals surface area (Å²) in [5, 5.41) is 0.413. The Morgan fingerprint density at radius 3 is 2.48 bits per heavy atom. The van der Waals surface area contributed by atoms with Crippen LogP contribution >= 0.6 is 23.2 Å². The number of halogens is 2. The predicted octanol–water partition coefficient (Wildman–Crippen LogP) is 5.51. The van der Waals surface area contributed by atoms with Crippen LogP contribution in [-0.4, -0.2) is 27.5 Å². The normalized spacial score (nSPS) is 16.0. The minimum Gasteiger partial charge on any atom is -0.490 e. The number of nitrogens with one attached hydrogen (secondary N) is 1. The number of hydrogen-bond acceptors (Lipinski definition) is 4. The van der Waals surface area contributed by atoms with Gasteiger partial charge >= 0.3 is 0 Å². The topological polar surface area (TPSA) is 75.7 Å². The summed E-state index contributed by atoms with van der Waals surface area (Å²) in [6, 6.07) is 7.72. The van der Waals surface area contributed by atoms with E-state index < -0.39 is 15.4 Å². The van der Waals surface area contributed by atoms with Crippen LogP contribution in [0.25, 0.3) is 0 Å². The molecule has 1 N–H and O–H groups in total. The number of nitrogens with zero attached hydrogens (tertiary/aromatic N) is 1. The van der Waals surface area contributed by atoms with Crippen LogP contribution in [-0.2, 0) is 14.8 Å². The Morgan fingerprint density at radius 1 is 1.16 bits per heavy atom. The smallest absolute Gasteiger partial charge is 0.263 e. The first-order valence-corrected chi connectivity index (χ1v) is 12.1. The number of sulfonamides is 1. The van der Waals surface area contributed by atoms with E-state index in [-0.39, 0.29) is 28.4 Å². The molecular formula is C22H26Cl2N2O4S. The number of carbonyl (C=O) groups excluding carboxylic acids is 1. The Hall–Kier alpha value is -1.96. The van der Waals surface area contributed by atoms with Gasteiger partial charge < -0.3 is 9.64 Å². The lowest BCUT2D eigenvalue weighted by molar-refractivity contribution is -0.127. The molecule has 0 aromatic heterocycles. The van der Waals surface area contributed by atoms with Gasteiger partial charge in [-0.05, 0) is 62.6 Å². The van der Waals surface area contributed by atoms with Crippen molar-refractivity contribution in [3.8, 4) is 5.75 Å². The van der Waals surface area contributed by atoms with Gasteiger partial charge in [0.05, 0.1) is 21.8 Å². The molecule has 168 valence electrons. The van der Waals surface area contributed by atoms with Crippen molar-refractivity contribution in [1.29, 1.82) is 0 Å². The molecule has 0 bridgehead atoms. The monoisotopic (exact) mass is 484 g/mol. The summed E-state index contributed by atoms with van der Waals surface area (Å²) in [4.78, 5) is 14.8. The summed E-state index contributed by atoms with van der Waals surface area (Å²) in [6.07, 6.45) is 0. The van der Waals surface area contributed by atoms with Crippen molar-refractivity contribution in [2.24, 2.45) is 11.3 Å². The van der Waals surface area contributed by atoms with E-state index in [0.29, 0.717) is 34.3 Å². The van der Waals surface area contributed by atoms with E-state index in [9.17, 15) is 13.2 Å². The molecule has 31 heavy (non-hydrogen) atoms. The summed E-state index contributed by atoms with van der Waals surface area (Å²) in [5.74, 6) is 0.668. The number of anilines is 2. The highest BCUT2D eigenvalue weighted by Gasteiger charge is 2.38. The lowest BCUT2D eigenvalue weighted by Crippen LogP contribution is -2.43. The zero-order chi connectivity index (χ0) is 23.1. The fourth-order valence-electron chi connectivity index (χ4n) is 3.30. The van der Waals surface area contributed by atoms with Gasteiger partial charge in [-0.3, -0.25) is 9.52 Å². The van der Waals surface area contributed by atoms with Gasteiger partial charge in [0.15, 0.2) is 0 Å². The van der Waals surface area contributed by atoms with Gasteiger partial charge in [0, 0.05) is 11.6 Å². The summed E-state index contributed by atoms with van der Waals surface area (Å²) in [6.45, 7) is 10.1. The third-order valence-electron chi connectivity index (χ3n) is 4.96. The molecule has 0 atom stereocenters. The van der Waals surface area contributed by atoms with Gasteiger partial charge in [-0.2, -0.15) is 0 Å². The van der Waals surface area contributed by atoms with Gasteiger partial charge in [0.2, 0.25) is 5.91 Å². The SMILES string of the molecule is Cc1cc(S(=O)(=O)Nc2ccc3c(c2)N(CC(C)C)C(=O)C(C)(C)CO3)c(Cl)cc1Cl. The molecule has 0 unspecified atom stereocenters. The van der Waals surface area contributed by atoms with Gasteiger partial charge in [-0.1, -0.05) is 37.0 Å². The lowest BCUT2D eigenvalue weighted by atomic mass is 9.92. The first-order valence-electron chi connectivity index (χ1n) is 9.89. The quantitative estimate of drug-likeness (QED) is 0.606. The van der Waals surface area contributed by atoms with Gasteiger partial charge in [-0.25, -0.2) is 8.42 Å². The lowest BCUT2D eigenvalue weighted by Gasteiger charge is -2.29. The van der Waals surface area contributed by atoms with E-state index in [1.165, 1.54) is 12.1 Å². The highest BCUT2D eigenvalue weighted by atomic mass is 35.5. The van der Waals surface area contributed by atoms with Gasteiger partial charge in [0.25, 0.3) is 10.0 Å². The number of amides is 1. The fraction of sp³-hybridized carbons (Fsp3) is 0.409. The molecule has 0 fully saturated rings. The number of benzene rings is 2. The average molecular weight is 485 g/mol. The Morgan fingerprint density at radius 2 is 1.84 bits per heavy atom. The molecule has 3 rings (SSSR count).